The van der Waals surface area contributed by atoms with Crippen molar-refractivity contribution in [3.05, 3.63) is 12.4 Å². The van der Waals surface area contributed by atoms with Gasteiger partial charge in [-0.25, -0.2) is 4.79 Å². The molecule has 0 aromatic carbocycles. The first kappa shape index (κ1) is 13.4. The number of amides is 2. The van der Waals surface area contributed by atoms with Crippen LogP contribution in [0.1, 0.15) is 26.2 Å². The van der Waals surface area contributed by atoms with Gasteiger partial charge in [0.25, 0.3) is 0 Å². The van der Waals surface area contributed by atoms with Crippen LogP contribution in [0.25, 0.3) is 0 Å². The number of likely N-dealkylation sites (tertiary alicyclic amines) is 1. The van der Waals surface area contributed by atoms with E-state index in [1.165, 1.54) is 6.20 Å². The molecule has 0 unspecified atom stereocenters. The van der Waals surface area contributed by atoms with Crippen molar-refractivity contribution in [2.24, 2.45) is 5.41 Å². The number of carbonyl (C=O) groups is 2. The molecule has 1 aliphatic rings. The van der Waals surface area contributed by atoms with Crippen LogP contribution in [-0.2, 0) is 4.79 Å². The molecule has 0 saturated carbocycles. The fourth-order valence-electron chi connectivity index (χ4n) is 2.38. The van der Waals surface area contributed by atoms with E-state index >= 15 is 0 Å². The number of urea groups is 1. The lowest BCUT2D eigenvalue weighted by Gasteiger charge is -2.38. The molecule has 104 valence electrons. The minimum absolute atomic E-state index is 0.212. The summed E-state index contributed by atoms with van der Waals surface area (Å²) in [4.78, 5) is 24.9. The van der Waals surface area contributed by atoms with E-state index < -0.39 is 11.4 Å². The SMILES string of the molecule is CCC1(C(=O)O)CCN(C(=O)Nc2cn[nH]c2)CC1. The lowest BCUT2D eigenvalue weighted by molar-refractivity contribution is -0.151. The standard InChI is InChI=1S/C12H18N4O3/c1-2-12(10(17)18)3-5-16(6-4-12)11(19)15-9-7-13-14-8-9/h7-8H,2-6H2,1H3,(H,13,14)(H,15,19)(H,17,18). The summed E-state index contributed by atoms with van der Waals surface area (Å²) in [6.07, 6.45) is 4.71. The molecule has 0 spiro atoms. The van der Waals surface area contributed by atoms with Gasteiger partial charge < -0.3 is 15.3 Å². The molecule has 0 radical (unpaired) electrons. The average molecular weight is 266 g/mol. The number of aromatic nitrogens is 2. The van der Waals surface area contributed by atoms with Gasteiger partial charge in [-0.1, -0.05) is 6.92 Å². The molecule has 19 heavy (non-hydrogen) atoms. The van der Waals surface area contributed by atoms with Gasteiger partial charge in [0.1, 0.15) is 0 Å². The first-order valence-electron chi connectivity index (χ1n) is 6.35. The number of carboxylic acids is 1. The Kier molecular flexibility index (Phi) is 3.73. The molecular weight excluding hydrogens is 248 g/mol. The zero-order valence-corrected chi connectivity index (χ0v) is 10.8. The van der Waals surface area contributed by atoms with Crippen molar-refractivity contribution in [3.63, 3.8) is 0 Å². The Bertz CT molecular complexity index is 450. The van der Waals surface area contributed by atoms with E-state index in [2.05, 4.69) is 15.5 Å². The number of aromatic amines is 1. The number of nitrogens with one attached hydrogen (secondary N) is 2. The van der Waals surface area contributed by atoms with Crippen LogP contribution < -0.4 is 5.32 Å². The van der Waals surface area contributed by atoms with Gasteiger partial charge in [0.05, 0.1) is 17.3 Å². The molecule has 7 heteroatoms. The molecule has 1 aliphatic heterocycles. The topological polar surface area (TPSA) is 98.3 Å². The quantitative estimate of drug-likeness (QED) is 0.772. The summed E-state index contributed by atoms with van der Waals surface area (Å²) in [6, 6.07) is -0.212. The number of carboxylic acid groups (broad SMARTS) is 1. The second-order valence-corrected chi connectivity index (χ2v) is 4.84. The van der Waals surface area contributed by atoms with E-state index in [1.807, 2.05) is 6.92 Å². The highest BCUT2D eigenvalue weighted by atomic mass is 16.4. The van der Waals surface area contributed by atoms with Gasteiger partial charge in [-0.15, -0.1) is 0 Å². The summed E-state index contributed by atoms with van der Waals surface area (Å²) >= 11 is 0. The lowest BCUT2D eigenvalue weighted by Crippen LogP contribution is -2.47. The summed E-state index contributed by atoms with van der Waals surface area (Å²) in [6.45, 7) is 2.81. The minimum atomic E-state index is -0.759. The van der Waals surface area contributed by atoms with E-state index in [4.69, 9.17) is 0 Å². The normalized spacial score (nSPS) is 18.1. The number of anilines is 1. The summed E-state index contributed by atoms with van der Waals surface area (Å²) < 4.78 is 0. The van der Waals surface area contributed by atoms with Crippen molar-refractivity contribution in [2.45, 2.75) is 26.2 Å². The molecule has 2 heterocycles. The Labute approximate surface area is 111 Å². The van der Waals surface area contributed by atoms with Crippen molar-refractivity contribution in [2.75, 3.05) is 18.4 Å². The number of carbonyl (C=O) groups excluding carboxylic acids is 1. The number of hydrogen-bond donors (Lipinski definition) is 3. The molecule has 1 aromatic rings. The highest BCUT2D eigenvalue weighted by molar-refractivity contribution is 5.89. The van der Waals surface area contributed by atoms with Crippen LogP contribution in [0.5, 0.6) is 0 Å². The Morgan fingerprint density at radius 1 is 1.53 bits per heavy atom. The zero-order chi connectivity index (χ0) is 13.9. The van der Waals surface area contributed by atoms with Crippen LogP contribution in [-0.4, -0.2) is 45.3 Å². The second kappa shape index (κ2) is 5.29. The van der Waals surface area contributed by atoms with Gasteiger partial charge in [-0.2, -0.15) is 5.10 Å². The molecule has 2 amide bonds. The Morgan fingerprint density at radius 3 is 2.68 bits per heavy atom. The minimum Gasteiger partial charge on any atom is -0.481 e. The van der Waals surface area contributed by atoms with Gasteiger partial charge in [0, 0.05) is 19.3 Å². The van der Waals surface area contributed by atoms with Crippen LogP contribution >= 0.6 is 0 Å². The molecule has 3 N–H and O–H groups in total. The van der Waals surface area contributed by atoms with Crippen molar-refractivity contribution in [1.82, 2.24) is 15.1 Å². The summed E-state index contributed by atoms with van der Waals surface area (Å²) in [7, 11) is 0. The van der Waals surface area contributed by atoms with Crippen LogP contribution in [0.2, 0.25) is 0 Å². The maximum atomic E-state index is 12.0. The van der Waals surface area contributed by atoms with Gasteiger partial charge in [0.2, 0.25) is 0 Å². The van der Waals surface area contributed by atoms with Crippen molar-refractivity contribution < 1.29 is 14.7 Å². The van der Waals surface area contributed by atoms with Crippen molar-refractivity contribution in [1.29, 1.82) is 0 Å². The van der Waals surface area contributed by atoms with Crippen molar-refractivity contribution in [3.8, 4) is 0 Å². The number of piperidine rings is 1. The largest absolute Gasteiger partial charge is 0.481 e. The smallest absolute Gasteiger partial charge is 0.321 e. The summed E-state index contributed by atoms with van der Waals surface area (Å²) in [5.74, 6) is -0.759. The highest BCUT2D eigenvalue weighted by Crippen LogP contribution is 2.35. The second-order valence-electron chi connectivity index (χ2n) is 4.84. The number of H-pyrrole nitrogens is 1. The van der Waals surface area contributed by atoms with Gasteiger partial charge in [-0.3, -0.25) is 9.89 Å². The fraction of sp³-hybridized carbons (Fsp3) is 0.583. The first-order chi connectivity index (χ1) is 9.07. The number of rotatable bonds is 3. The van der Waals surface area contributed by atoms with Gasteiger partial charge in [0.15, 0.2) is 0 Å². The molecule has 0 atom stereocenters. The number of hydrogen-bond acceptors (Lipinski definition) is 3. The van der Waals surface area contributed by atoms with Gasteiger partial charge in [-0.05, 0) is 19.3 Å². The van der Waals surface area contributed by atoms with E-state index in [0.717, 1.165) is 0 Å². The lowest BCUT2D eigenvalue weighted by atomic mass is 9.76. The fourth-order valence-corrected chi connectivity index (χ4v) is 2.38. The molecule has 1 fully saturated rings. The van der Waals surface area contributed by atoms with Crippen LogP contribution in [0.3, 0.4) is 0 Å². The van der Waals surface area contributed by atoms with E-state index in [9.17, 15) is 14.7 Å². The number of aliphatic carboxylic acids is 1. The van der Waals surface area contributed by atoms with Gasteiger partial charge >= 0.3 is 12.0 Å². The monoisotopic (exact) mass is 266 g/mol. The zero-order valence-electron chi connectivity index (χ0n) is 10.8. The average Bonchev–Trinajstić information content (AvgIpc) is 2.91. The number of nitrogens with zero attached hydrogens (tertiary/aromatic N) is 2. The predicted octanol–water partition coefficient (Wildman–Crippen LogP) is 1.52. The van der Waals surface area contributed by atoms with E-state index in [1.54, 1.807) is 11.1 Å². The van der Waals surface area contributed by atoms with Crippen molar-refractivity contribution >= 4 is 17.7 Å². The molecule has 0 aliphatic carbocycles. The predicted molar refractivity (Wildman–Crippen MR) is 68.8 cm³/mol. The van der Waals surface area contributed by atoms with E-state index in [0.29, 0.717) is 38.0 Å². The third kappa shape index (κ3) is 2.69. The molecule has 1 saturated heterocycles. The maximum Gasteiger partial charge on any atom is 0.321 e. The third-order valence-corrected chi connectivity index (χ3v) is 3.89. The highest BCUT2D eigenvalue weighted by Gasteiger charge is 2.40. The molecule has 7 nitrogen and oxygen atoms in total. The molecule has 2 rings (SSSR count). The van der Waals surface area contributed by atoms with Crippen LogP contribution in [0.4, 0.5) is 10.5 Å². The van der Waals surface area contributed by atoms with E-state index in [-0.39, 0.29) is 6.03 Å². The van der Waals surface area contributed by atoms with Crippen LogP contribution in [0.15, 0.2) is 12.4 Å². The summed E-state index contributed by atoms with van der Waals surface area (Å²) in [5.41, 5.74) is -0.0672. The Hall–Kier alpha value is -2.05. The Balaban J connectivity index is 1.92. The molecular formula is C12H18N4O3. The molecule has 1 aromatic heterocycles. The maximum absolute atomic E-state index is 12.0. The summed E-state index contributed by atoms with van der Waals surface area (Å²) in [5, 5.41) is 18.4. The molecule has 0 bridgehead atoms. The third-order valence-electron chi connectivity index (χ3n) is 3.89. The Morgan fingerprint density at radius 2 is 2.21 bits per heavy atom. The first-order valence-corrected chi connectivity index (χ1v) is 6.35. The van der Waals surface area contributed by atoms with Crippen LogP contribution in [0, 0.1) is 5.41 Å².